The lowest BCUT2D eigenvalue weighted by molar-refractivity contribution is 0.191. The van der Waals surface area contributed by atoms with Crippen molar-refractivity contribution in [3.63, 3.8) is 0 Å². The average Bonchev–Trinajstić information content (AvgIpc) is 3.08. The molecule has 3 aromatic carbocycles. The summed E-state index contributed by atoms with van der Waals surface area (Å²) in [6.07, 6.45) is 1.64. The van der Waals surface area contributed by atoms with Gasteiger partial charge in [-0.15, -0.1) is 0 Å². The van der Waals surface area contributed by atoms with Crippen molar-refractivity contribution < 1.29 is 12.6 Å². The van der Waals surface area contributed by atoms with E-state index in [4.69, 9.17) is 15.8 Å². The molecule has 32 heavy (non-hydrogen) atoms. The number of rotatable bonds is 5. The van der Waals surface area contributed by atoms with E-state index in [0.717, 1.165) is 34.5 Å². The second-order valence-corrected chi connectivity index (χ2v) is 10.4. The lowest BCUT2D eigenvalue weighted by atomic mass is 9.93. The van der Waals surface area contributed by atoms with Crippen LogP contribution in [0, 0.1) is 6.92 Å². The minimum atomic E-state index is -3.80. The molecule has 0 fully saturated rings. The van der Waals surface area contributed by atoms with E-state index in [9.17, 15) is 8.42 Å². The first kappa shape index (κ1) is 21.3. The van der Waals surface area contributed by atoms with Crippen molar-refractivity contribution in [3.8, 4) is 0 Å². The van der Waals surface area contributed by atoms with Crippen LogP contribution in [-0.4, -0.2) is 19.1 Å². The Morgan fingerprint density at radius 2 is 1.72 bits per heavy atom. The maximum absolute atomic E-state index is 12.8. The van der Waals surface area contributed by atoms with Crippen LogP contribution in [0.4, 0.5) is 0 Å². The summed E-state index contributed by atoms with van der Waals surface area (Å²) in [5.74, 6) is 0. The number of aromatic nitrogens is 1. The normalized spacial score (nSPS) is 16.2. The van der Waals surface area contributed by atoms with Gasteiger partial charge in [0.25, 0.3) is 10.1 Å². The first-order valence-electron chi connectivity index (χ1n) is 10.7. The summed E-state index contributed by atoms with van der Waals surface area (Å²) in [4.78, 5) is 0.207. The van der Waals surface area contributed by atoms with Gasteiger partial charge in [-0.25, -0.2) is 0 Å². The number of benzene rings is 3. The van der Waals surface area contributed by atoms with Crippen LogP contribution in [0.2, 0.25) is 5.02 Å². The Morgan fingerprint density at radius 3 is 2.47 bits per heavy atom. The van der Waals surface area contributed by atoms with E-state index in [1.165, 1.54) is 16.8 Å². The molecule has 0 aliphatic heterocycles. The third-order valence-corrected chi connectivity index (χ3v) is 7.78. The summed E-state index contributed by atoms with van der Waals surface area (Å²) in [5, 5.41) is 1.89. The highest BCUT2D eigenvalue weighted by molar-refractivity contribution is 7.86. The number of hydrogen-bond acceptors (Lipinski definition) is 3. The van der Waals surface area contributed by atoms with Gasteiger partial charge in [-0.2, -0.15) is 8.42 Å². The van der Waals surface area contributed by atoms with Gasteiger partial charge in [-0.3, -0.25) is 4.18 Å². The van der Waals surface area contributed by atoms with Crippen LogP contribution in [-0.2, 0) is 33.7 Å². The molecular weight excluding hydrogens is 442 g/mol. The van der Waals surface area contributed by atoms with Crippen LogP contribution in [0.1, 0.15) is 28.8 Å². The molecular formula is C26H24ClNO3S. The van der Waals surface area contributed by atoms with Gasteiger partial charge in [0.1, 0.15) is 0 Å². The SMILES string of the molecule is Cc1ccc(S(=O)(=O)OC2CCc3c(c4ccccc4n3Cc3ccc(Cl)cc3)C2)cc1. The lowest BCUT2D eigenvalue weighted by Gasteiger charge is -2.24. The van der Waals surface area contributed by atoms with Crippen molar-refractivity contribution >= 4 is 32.6 Å². The van der Waals surface area contributed by atoms with E-state index in [1.807, 2.05) is 43.3 Å². The van der Waals surface area contributed by atoms with Gasteiger partial charge < -0.3 is 4.57 Å². The Hall–Kier alpha value is -2.60. The van der Waals surface area contributed by atoms with E-state index in [2.05, 4.69) is 16.7 Å². The van der Waals surface area contributed by atoms with Crippen LogP contribution < -0.4 is 0 Å². The fourth-order valence-electron chi connectivity index (χ4n) is 4.54. The topological polar surface area (TPSA) is 48.3 Å². The second kappa shape index (κ2) is 8.39. The van der Waals surface area contributed by atoms with Crippen molar-refractivity contribution in [1.82, 2.24) is 4.57 Å². The van der Waals surface area contributed by atoms with Crippen LogP contribution >= 0.6 is 11.6 Å². The van der Waals surface area contributed by atoms with E-state index < -0.39 is 10.1 Å². The first-order chi connectivity index (χ1) is 15.4. The third-order valence-electron chi connectivity index (χ3n) is 6.16. The van der Waals surface area contributed by atoms with Crippen molar-refractivity contribution in [2.75, 3.05) is 0 Å². The van der Waals surface area contributed by atoms with E-state index >= 15 is 0 Å². The van der Waals surface area contributed by atoms with E-state index in [0.29, 0.717) is 12.8 Å². The summed E-state index contributed by atoms with van der Waals surface area (Å²) >= 11 is 6.05. The Balaban J connectivity index is 1.45. The molecule has 164 valence electrons. The van der Waals surface area contributed by atoms with E-state index in [1.54, 1.807) is 24.3 Å². The Labute approximate surface area is 193 Å². The molecule has 0 amide bonds. The summed E-state index contributed by atoms with van der Waals surface area (Å²) in [5.41, 5.74) is 5.80. The molecule has 0 N–H and O–H groups in total. The number of hydrogen-bond donors (Lipinski definition) is 0. The van der Waals surface area contributed by atoms with Crippen LogP contribution in [0.25, 0.3) is 10.9 Å². The molecule has 4 nitrogen and oxygen atoms in total. The maximum Gasteiger partial charge on any atom is 0.297 e. The standard InChI is InChI=1S/C26H24ClNO3S/c1-18-6-13-22(14-7-18)32(29,30)31-21-12-15-26-24(16-21)23-4-2-3-5-25(23)28(26)17-19-8-10-20(27)11-9-19/h2-11,13-14,21H,12,15-17H2,1H3. The zero-order valence-electron chi connectivity index (χ0n) is 17.8. The molecule has 0 saturated heterocycles. The molecule has 1 heterocycles. The molecule has 1 aliphatic carbocycles. The summed E-state index contributed by atoms with van der Waals surface area (Å²) in [6.45, 7) is 2.68. The van der Waals surface area contributed by atoms with Crippen molar-refractivity contribution in [2.24, 2.45) is 0 Å². The number of aryl methyl sites for hydroxylation is 1. The van der Waals surface area contributed by atoms with Gasteiger partial charge in [-0.1, -0.05) is 59.6 Å². The van der Waals surface area contributed by atoms with Crippen LogP contribution in [0.15, 0.2) is 77.7 Å². The first-order valence-corrected chi connectivity index (χ1v) is 12.5. The highest BCUT2D eigenvalue weighted by atomic mass is 35.5. The van der Waals surface area contributed by atoms with Gasteiger partial charge >= 0.3 is 0 Å². The molecule has 0 bridgehead atoms. The van der Waals surface area contributed by atoms with Crippen molar-refractivity contribution in [3.05, 3.63) is 100 Å². The van der Waals surface area contributed by atoms with Gasteiger partial charge in [0, 0.05) is 34.6 Å². The Kier molecular flexibility index (Phi) is 5.58. The predicted molar refractivity (Wildman–Crippen MR) is 128 cm³/mol. The molecule has 4 aromatic rings. The Morgan fingerprint density at radius 1 is 1.00 bits per heavy atom. The van der Waals surface area contributed by atoms with Crippen LogP contribution in [0.3, 0.4) is 0 Å². The van der Waals surface area contributed by atoms with Crippen molar-refractivity contribution in [1.29, 1.82) is 0 Å². The monoisotopic (exact) mass is 465 g/mol. The minimum Gasteiger partial charge on any atom is -0.340 e. The highest BCUT2D eigenvalue weighted by Gasteiger charge is 2.29. The van der Waals surface area contributed by atoms with Gasteiger partial charge in [0.05, 0.1) is 11.0 Å². The maximum atomic E-state index is 12.8. The lowest BCUT2D eigenvalue weighted by Crippen LogP contribution is -2.26. The molecule has 1 aliphatic rings. The predicted octanol–water partition coefficient (Wildman–Crippen LogP) is 5.91. The fourth-order valence-corrected chi connectivity index (χ4v) is 5.77. The molecule has 0 radical (unpaired) electrons. The molecule has 0 spiro atoms. The van der Waals surface area contributed by atoms with E-state index in [-0.39, 0.29) is 11.0 Å². The molecule has 1 unspecified atom stereocenters. The van der Waals surface area contributed by atoms with Gasteiger partial charge in [-0.05, 0) is 61.2 Å². The zero-order chi connectivity index (χ0) is 22.3. The summed E-state index contributed by atoms with van der Waals surface area (Å²) in [7, 11) is -3.80. The molecule has 5 rings (SSSR count). The molecule has 6 heteroatoms. The molecule has 1 atom stereocenters. The zero-order valence-corrected chi connectivity index (χ0v) is 19.4. The number of halogens is 1. The molecule has 1 aromatic heterocycles. The second-order valence-electron chi connectivity index (χ2n) is 8.38. The smallest absolute Gasteiger partial charge is 0.297 e. The van der Waals surface area contributed by atoms with Crippen LogP contribution in [0.5, 0.6) is 0 Å². The molecule has 0 saturated carbocycles. The number of para-hydroxylation sites is 1. The number of nitrogens with zero attached hydrogens (tertiary/aromatic N) is 1. The highest BCUT2D eigenvalue weighted by Crippen LogP contribution is 2.34. The summed E-state index contributed by atoms with van der Waals surface area (Å²) < 4.78 is 33.7. The third kappa shape index (κ3) is 4.08. The van der Waals surface area contributed by atoms with Crippen molar-refractivity contribution in [2.45, 2.75) is 43.7 Å². The quantitative estimate of drug-likeness (QED) is 0.344. The largest absolute Gasteiger partial charge is 0.340 e. The number of fused-ring (bicyclic) bond motifs is 3. The minimum absolute atomic E-state index is 0.207. The van der Waals surface area contributed by atoms with Gasteiger partial charge in [0.15, 0.2) is 0 Å². The van der Waals surface area contributed by atoms with Gasteiger partial charge in [0.2, 0.25) is 0 Å². The summed E-state index contributed by atoms with van der Waals surface area (Å²) in [6, 6.07) is 23.0. The Bertz CT molecular complexity index is 1370. The fraction of sp³-hybridized carbons (Fsp3) is 0.231. The average molecular weight is 466 g/mol.